The SMILES string of the molecule is CC(=O)C1=CN(C)C=C(C(C)=O)C1.CC1=C(C#N)C(C)(C)C(C#N)=C(C)N1C.CC1=C(C#N)C(c2ccccc2)C(C#N)=C(C)N1C.CC1=C(C#N)C(c2cccnc2)C(C#N)=C(C)N1C.CC1=C(C#N)C(c2ccco2)C(C#N)=C(C)N1C.CC1=C(C#N)C(c2cccs2)C(C#N)=C(C)N1C.CC1=C(C#N)C2(CCCCC2)C(C#N)=C(C)N1C.CCOC(=O)C1=C(C)N(C)C(C)=C(C(=O)OCC)C1. The molecular weight excluding hydrogens is 1760 g/mol. The third-order valence-corrected chi connectivity index (χ3v) is 28.3. The van der Waals surface area contributed by atoms with Crippen molar-refractivity contribution in [1.82, 2.24) is 44.2 Å². The molecule has 11 heterocycles. The van der Waals surface area contributed by atoms with Crippen molar-refractivity contribution in [3.63, 3.8) is 0 Å². The van der Waals surface area contributed by atoms with Crippen LogP contribution in [0.5, 0.6) is 0 Å². The molecule has 9 aliphatic rings. The summed E-state index contributed by atoms with van der Waals surface area (Å²) in [5.41, 5.74) is 24.1. The number of allylic oxidation sites excluding steroid dienone is 28. The van der Waals surface area contributed by atoms with E-state index in [9.17, 15) is 71.8 Å². The number of aromatic nitrogens is 1. The predicted octanol–water partition coefficient (Wildman–Crippen LogP) is 21.6. The number of nitriles is 12. The number of ketones is 2. The van der Waals surface area contributed by atoms with Crippen LogP contribution in [0.15, 0.2) is 277 Å². The highest BCUT2D eigenvalue weighted by atomic mass is 32.1. The Morgan fingerprint density at radius 3 is 1.03 bits per heavy atom. The Kier molecular flexibility index (Phi) is 40.0. The molecular formula is C110H123N21O7S. The lowest BCUT2D eigenvalue weighted by Gasteiger charge is -2.43. The van der Waals surface area contributed by atoms with Crippen LogP contribution in [0, 0.1) is 147 Å². The predicted molar refractivity (Wildman–Crippen MR) is 531 cm³/mol. The fraction of sp³-hybridized carbons (Fsp3) is 0.391. The Bertz CT molecular complexity index is 6030. The molecule has 1 saturated carbocycles. The average Bonchev–Trinajstić information content (AvgIpc) is 1.66. The lowest BCUT2D eigenvalue weighted by atomic mass is 9.62. The van der Waals surface area contributed by atoms with Crippen LogP contribution in [0.25, 0.3) is 0 Å². The van der Waals surface area contributed by atoms with E-state index in [1.807, 2.05) is 261 Å². The maximum Gasteiger partial charge on any atom is 0.336 e. The van der Waals surface area contributed by atoms with Gasteiger partial charge in [0.2, 0.25) is 0 Å². The maximum atomic E-state index is 11.9. The molecule has 139 heavy (non-hydrogen) atoms. The second-order valence-corrected chi connectivity index (χ2v) is 35.8. The van der Waals surface area contributed by atoms with E-state index in [0.717, 1.165) is 133 Å². The van der Waals surface area contributed by atoms with Crippen molar-refractivity contribution >= 4 is 34.8 Å². The molecule has 0 radical (unpaired) electrons. The molecule has 0 N–H and O–H groups in total. The van der Waals surface area contributed by atoms with Crippen molar-refractivity contribution in [1.29, 1.82) is 63.1 Å². The van der Waals surface area contributed by atoms with Gasteiger partial charge in [0, 0.05) is 201 Å². The number of hydrogen-bond donors (Lipinski definition) is 0. The minimum atomic E-state index is -0.468. The van der Waals surface area contributed by atoms with Crippen LogP contribution in [-0.4, -0.2) is 137 Å². The molecule has 0 amide bonds. The smallest absolute Gasteiger partial charge is 0.336 e. The molecule has 0 atom stereocenters. The molecule has 0 unspecified atom stereocenters. The van der Waals surface area contributed by atoms with E-state index in [4.69, 9.17) is 24.4 Å². The highest BCUT2D eigenvalue weighted by Crippen LogP contribution is 2.54. The van der Waals surface area contributed by atoms with Gasteiger partial charge < -0.3 is 53.1 Å². The first-order valence-electron chi connectivity index (χ1n) is 45.2. The first-order valence-corrected chi connectivity index (χ1v) is 46.1. The highest BCUT2D eigenvalue weighted by Gasteiger charge is 2.46. The van der Waals surface area contributed by atoms with Gasteiger partial charge in [-0.05, 0) is 178 Å². The zero-order chi connectivity index (χ0) is 104. The summed E-state index contributed by atoms with van der Waals surface area (Å²) in [6.45, 7) is 37.8. The zero-order valence-corrected chi connectivity index (χ0v) is 86.0. The number of furan rings is 1. The summed E-state index contributed by atoms with van der Waals surface area (Å²) in [6.07, 6.45) is 14.5. The van der Waals surface area contributed by atoms with E-state index >= 15 is 0 Å². The van der Waals surface area contributed by atoms with Gasteiger partial charge in [0.25, 0.3) is 0 Å². The molecule has 0 bridgehead atoms. The van der Waals surface area contributed by atoms with Gasteiger partial charge in [0.1, 0.15) is 5.76 Å². The van der Waals surface area contributed by atoms with Gasteiger partial charge in [-0.1, -0.05) is 75.6 Å². The van der Waals surface area contributed by atoms with Gasteiger partial charge in [-0.3, -0.25) is 14.6 Å². The molecule has 8 aliphatic heterocycles. The van der Waals surface area contributed by atoms with Crippen LogP contribution < -0.4 is 0 Å². The van der Waals surface area contributed by atoms with Crippen LogP contribution in [0.4, 0.5) is 0 Å². The van der Waals surface area contributed by atoms with Crippen LogP contribution in [0.2, 0.25) is 0 Å². The molecule has 29 heteroatoms. The zero-order valence-electron chi connectivity index (χ0n) is 85.1. The number of benzene rings is 1. The van der Waals surface area contributed by atoms with Crippen LogP contribution in [0.3, 0.4) is 0 Å². The Morgan fingerprint density at radius 2 is 0.719 bits per heavy atom. The number of carbonyl (C=O) groups excluding carboxylic acids is 4. The molecule has 1 aromatic carbocycles. The van der Waals surface area contributed by atoms with Crippen molar-refractivity contribution in [2.24, 2.45) is 10.8 Å². The summed E-state index contributed by atoms with van der Waals surface area (Å²) in [7, 11) is 15.0. The second kappa shape index (κ2) is 49.8. The molecule has 13 rings (SSSR count). The number of pyridine rings is 1. The third-order valence-electron chi connectivity index (χ3n) is 27.3. The molecule has 28 nitrogen and oxygen atoms in total. The molecule has 716 valence electrons. The number of rotatable bonds is 10. The van der Waals surface area contributed by atoms with Crippen molar-refractivity contribution in [2.75, 3.05) is 69.6 Å². The summed E-state index contributed by atoms with van der Waals surface area (Å²) < 4.78 is 15.4. The lowest BCUT2D eigenvalue weighted by molar-refractivity contribution is -0.139. The lowest BCUT2D eigenvalue weighted by Crippen LogP contribution is -2.37. The Balaban J connectivity index is 0.000000244. The topological polar surface area (TPSA) is 424 Å². The average molecular weight is 1880 g/mol. The van der Waals surface area contributed by atoms with Crippen LogP contribution >= 0.6 is 11.3 Å². The van der Waals surface area contributed by atoms with Crippen molar-refractivity contribution < 1.29 is 33.1 Å². The van der Waals surface area contributed by atoms with E-state index in [1.54, 1.807) is 73.3 Å². The van der Waals surface area contributed by atoms with E-state index in [1.165, 1.54) is 20.3 Å². The number of esters is 2. The Labute approximate surface area is 824 Å². The molecule has 1 spiro atoms. The summed E-state index contributed by atoms with van der Waals surface area (Å²) in [5.74, 6) is -1.19. The molecule has 0 saturated heterocycles. The number of carbonyl (C=O) groups is 4. The monoisotopic (exact) mass is 1880 g/mol. The van der Waals surface area contributed by atoms with Gasteiger partial charge in [0.15, 0.2) is 11.6 Å². The standard InChI is InChI=1S/C16H15N3.C15H14N4.C15H19N3.C14H13N3O.C14H13N3S.C14H21NO4.C12H15N3.C10H13NO2/c1-11-14(9-17)16(13-7-5-4-6-8-13)15(10-18)12(2)19(11)3;1-10-13(7-16)15(12-5-4-6-18-9-12)14(8-17)11(2)19(10)3;1-11-13(9-16)15(7-5-4-6-8-15)14(10-17)12(2)18(11)3;2*1-9-11(7-15)14(13-5-4-6-18-13)12(8-16)10(2)17(9)3;1-6-18-13(16)11-8-12(14(17)19-7-2)10(4)15(5)9(11)3;1-8-10(6-13)12(3,4)11(7-14)9(2)15(8)5;1-7(12)9-4-10(8(2)13)6-11(3)5-9/h4-8,16H,1-3H3;4-6,9,15H,1-3H3;4-8H2,1-3H3;2*4-6,14H,1-3H3;6-8H2,1-5H3;1-5H3;5-6H,4H2,1-3H3. The Hall–Kier alpha value is -16.3. The van der Waals surface area contributed by atoms with Gasteiger partial charge in [0.05, 0.1) is 194 Å². The molecule has 1 fully saturated rings. The van der Waals surface area contributed by atoms with Crippen molar-refractivity contribution in [3.05, 3.63) is 294 Å². The summed E-state index contributed by atoms with van der Waals surface area (Å²) >= 11 is 1.58. The third kappa shape index (κ3) is 24.0. The molecule has 1 aliphatic carbocycles. The highest BCUT2D eigenvalue weighted by molar-refractivity contribution is 7.10. The van der Waals surface area contributed by atoms with E-state index < -0.39 is 5.41 Å². The molecule has 3 aromatic heterocycles. The summed E-state index contributed by atoms with van der Waals surface area (Å²) in [4.78, 5) is 66.2. The quantitative estimate of drug-likeness (QED) is 0.133. The number of thiophene rings is 1. The number of nitrogens with zero attached hydrogens (tertiary/aromatic N) is 21. The van der Waals surface area contributed by atoms with E-state index in [0.29, 0.717) is 103 Å². The maximum absolute atomic E-state index is 11.9. The van der Waals surface area contributed by atoms with Gasteiger partial charge in [-0.2, -0.15) is 63.1 Å². The summed E-state index contributed by atoms with van der Waals surface area (Å²) in [6, 6.07) is 48.1. The number of Topliss-reactive ketones (excluding diaryl/α,β-unsaturated/α-hetero) is 2. The van der Waals surface area contributed by atoms with Gasteiger partial charge in [-0.25, -0.2) is 9.59 Å². The Morgan fingerprint density at radius 1 is 0.388 bits per heavy atom. The number of hydrogen-bond acceptors (Lipinski definition) is 29. The largest absolute Gasteiger partial charge is 0.468 e. The van der Waals surface area contributed by atoms with Crippen molar-refractivity contribution in [3.8, 4) is 72.8 Å². The second-order valence-electron chi connectivity index (χ2n) is 34.8. The minimum absolute atomic E-state index is 0.0266. The minimum Gasteiger partial charge on any atom is -0.468 e. The van der Waals surface area contributed by atoms with E-state index in [-0.39, 0.29) is 59.0 Å². The van der Waals surface area contributed by atoms with Crippen LogP contribution in [-0.2, 0) is 28.7 Å². The number of ether oxygens (including phenoxy) is 2. The normalized spacial score (nSPS) is 17.7. The fourth-order valence-electron chi connectivity index (χ4n) is 17.9. The van der Waals surface area contributed by atoms with Gasteiger partial charge in [-0.15, -0.1) is 11.3 Å². The van der Waals surface area contributed by atoms with Gasteiger partial charge >= 0.3 is 11.9 Å². The first-order chi connectivity index (χ1) is 65.8. The summed E-state index contributed by atoms with van der Waals surface area (Å²) in [5, 5.41) is 115. The fourth-order valence-corrected chi connectivity index (χ4v) is 18.8. The van der Waals surface area contributed by atoms with Crippen molar-refractivity contribution in [2.45, 2.75) is 207 Å². The van der Waals surface area contributed by atoms with Crippen LogP contribution in [0.1, 0.15) is 229 Å². The van der Waals surface area contributed by atoms with E-state index in [2.05, 4.69) is 77.8 Å². The first kappa shape index (κ1) is 111. The molecule has 4 aromatic rings.